The summed E-state index contributed by atoms with van der Waals surface area (Å²) in [4.78, 5) is 6.66. The van der Waals surface area contributed by atoms with Crippen LogP contribution in [0.3, 0.4) is 0 Å². The fourth-order valence-electron chi connectivity index (χ4n) is 2.62. The van der Waals surface area contributed by atoms with Crippen LogP contribution in [0.15, 0.2) is 23.0 Å². The molecule has 3 rings (SSSR count). The smallest absolute Gasteiger partial charge is 0.208 e. The van der Waals surface area contributed by atoms with Gasteiger partial charge in [-0.15, -0.1) is 0 Å². The van der Waals surface area contributed by atoms with Crippen LogP contribution in [0.2, 0.25) is 0 Å². The largest absolute Gasteiger partial charge is 0.444 e. The number of hydrogen-bond donors (Lipinski definition) is 0. The molecule has 21 heavy (non-hydrogen) atoms. The predicted octanol–water partition coefficient (Wildman–Crippen LogP) is 2.31. The summed E-state index contributed by atoms with van der Waals surface area (Å²) >= 11 is 0. The number of nitriles is 1. The molecule has 0 aromatic carbocycles. The molecule has 1 atom stereocenters. The maximum atomic E-state index is 8.85. The summed E-state index contributed by atoms with van der Waals surface area (Å²) in [5.74, 6) is 2.08. The minimum Gasteiger partial charge on any atom is -0.444 e. The molecule has 2 aromatic heterocycles. The Labute approximate surface area is 124 Å². The van der Waals surface area contributed by atoms with Gasteiger partial charge < -0.3 is 4.42 Å². The van der Waals surface area contributed by atoms with Crippen LogP contribution in [0.4, 0.5) is 0 Å². The molecular formula is C15H19N5O. The Bertz CT molecular complexity index is 651. The number of nitrogens with zero attached hydrogens (tertiary/aromatic N) is 5. The summed E-state index contributed by atoms with van der Waals surface area (Å²) in [6, 6.07) is 2.44. The molecule has 6 heteroatoms. The summed E-state index contributed by atoms with van der Waals surface area (Å²) in [5, 5.41) is 13.1. The highest BCUT2D eigenvalue weighted by molar-refractivity contribution is 5.22. The lowest BCUT2D eigenvalue weighted by atomic mass is 10.2. The summed E-state index contributed by atoms with van der Waals surface area (Å²) in [6.07, 6.45) is 6.28. The Morgan fingerprint density at radius 1 is 1.48 bits per heavy atom. The topological polar surface area (TPSA) is 70.9 Å². The van der Waals surface area contributed by atoms with Gasteiger partial charge in [0.1, 0.15) is 11.8 Å². The molecule has 1 saturated heterocycles. The van der Waals surface area contributed by atoms with Crippen molar-refractivity contribution in [1.29, 1.82) is 5.26 Å². The maximum absolute atomic E-state index is 8.85. The fraction of sp³-hybridized carbons (Fsp3) is 0.533. The molecule has 0 aliphatic carbocycles. The van der Waals surface area contributed by atoms with Gasteiger partial charge >= 0.3 is 0 Å². The molecule has 6 nitrogen and oxygen atoms in total. The molecule has 0 radical (unpaired) electrons. The van der Waals surface area contributed by atoms with Gasteiger partial charge in [0.05, 0.1) is 30.5 Å². The van der Waals surface area contributed by atoms with E-state index in [9.17, 15) is 0 Å². The van der Waals surface area contributed by atoms with E-state index < -0.39 is 0 Å². The van der Waals surface area contributed by atoms with E-state index in [1.807, 2.05) is 17.1 Å². The molecule has 3 heterocycles. The van der Waals surface area contributed by atoms with Gasteiger partial charge in [-0.05, 0) is 6.42 Å². The van der Waals surface area contributed by atoms with E-state index in [-0.39, 0.29) is 0 Å². The van der Waals surface area contributed by atoms with Crippen molar-refractivity contribution >= 4 is 0 Å². The molecule has 0 amide bonds. The van der Waals surface area contributed by atoms with Crippen LogP contribution in [0, 0.1) is 11.3 Å². The molecule has 1 unspecified atom stereocenters. The molecule has 1 fully saturated rings. The van der Waals surface area contributed by atoms with Gasteiger partial charge in [0.15, 0.2) is 0 Å². The van der Waals surface area contributed by atoms with Crippen LogP contribution in [0.5, 0.6) is 0 Å². The quantitative estimate of drug-likeness (QED) is 0.862. The van der Waals surface area contributed by atoms with Gasteiger partial charge in [-0.3, -0.25) is 9.58 Å². The zero-order chi connectivity index (χ0) is 14.8. The van der Waals surface area contributed by atoms with Gasteiger partial charge in [-0.1, -0.05) is 13.8 Å². The van der Waals surface area contributed by atoms with Gasteiger partial charge in [-0.25, -0.2) is 4.98 Å². The Balaban J connectivity index is 1.60. The average Bonchev–Trinajstić information content (AvgIpc) is 3.18. The Kier molecular flexibility index (Phi) is 3.76. The third kappa shape index (κ3) is 2.98. The first kappa shape index (κ1) is 13.8. The molecule has 110 valence electrons. The molecule has 1 aliphatic rings. The van der Waals surface area contributed by atoms with Crippen LogP contribution in [-0.4, -0.2) is 32.8 Å². The standard InChI is InChI=1S/C15H19N5O/c1-11(2)14-7-17-15(21-14)10-19-4-3-13(9-19)20-8-12(5-16)6-18-20/h6-8,11,13H,3-4,9-10H2,1-2H3. The minimum absolute atomic E-state index is 0.326. The van der Waals surface area contributed by atoms with Crippen molar-refractivity contribution in [2.24, 2.45) is 0 Å². The summed E-state index contributed by atoms with van der Waals surface area (Å²) in [7, 11) is 0. The Morgan fingerprint density at radius 3 is 3.00 bits per heavy atom. The first-order valence-corrected chi connectivity index (χ1v) is 7.27. The first-order valence-electron chi connectivity index (χ1n) is 7.27. The molecule has 1 aliphatic heterocycles. The van der Waals surface area contributed by atoms with Crippen LogP contribution < -0.4 is 0 Å². The van der Waals surface area contributed by atoms with Crippen molar-refractivity contribution in [3.8, 4) is 6.07 Å². The zero-order valence-corrected chi connectivity index (χ0v) is 12.4. The van der Waals surface area contributed by atoms with Crippen LogP contribution in [0.25, 0.3) is 0 Å². The summed E-state index contributed by atoms with van der Waals surface area (Å²) in [5.41, 5.74) is 0.614. The lowest BCUT2D eigenvalue weighted by Gasteiger charge is -2.14. The zero-order valence-electron chi connectivity index (χ0n) is 12.4. The van der Waals surface area contributed by atoms with Crippen molar-refractivity contribution in [3.63, 3.8) is 0 Å². The van der Waals surface area contributed by atoms with E-state index in [4.69, 9.17) is 9.68 Å². The maximum Gasteiger partial charge on any atom is 0.208 e. The number of hydrogen-bond acceptors (Lipinski definition) is 5. The second-order valence-corrected chi connectivity index (χ2v) is 5.81. The third-order valence-corrected chi connectivity index (χ3v) is 3.85. The van der Waals surface area contributed by atoms with Gasteiger partial charge in [0.25, 0.3) is 0 Å². The molecule has 0 spiro atoms. The number of likely N-dealkylation sites (tertiary alicyclic amines) is 1. The van der Waals surface area contributed by atoms with Crippen molar-refractivity contribution in [2.75, 3.05) is 13.1 Å². The lowest BCUT2D eigenvalue weighted by molar-refractivity contribution is 0.272. The normalized spacial score (nSPS) is 19.2. The summed E-state index contributed by atoms with van der Waals surface area (Å²) in [6.45, 7) is 6.83. The van der Waals surface area contributed by atoms with E-state index in [2.05, 4.69) is 34.9 Å². The lowest BCUT2D eigenvalue weighted by Crippen LogP contribution is -2.21. The monoisotopic (exact) mass is 285 g/mol. The second kappa shape index (κ2) is 5.70. The Hall–Kier alpha value is -2.13. The second-order valence-electron chi connectivity index (χ2n) is 5.81. The van der Waals surface area contributed by atoms with Gasteiger partial charge in [0, 0.05) is 25.2 Å². The van der Waals surface area contributed by atoms with E-state index in [0.717, 1.165) is 37.7 Å². The van der Waals surface area contributed by atoms with E-state index >= 15 is 0 Å². The van der Waals surface area contributed by atoms with Crippen LogP contribution in [0.1, 0.15) is 49.4 Å². The number of rotatable bonds is 4. The Morgan fingerprint density at radius 2 is 2.33 bits per heavy atom. The van der Waals surface area contributed by atoms with Gasteiger partial charge in [0.2, 0.25) is 5.89 Å². The van der Waals surface area contributed by atoms with Crippen molar-refractivity contribution in [2.45, 2.75) is 38.8 Å². The highest BCUT2D eigenvalue weighted by Crippen LogP contribution is 2.23. The highest BCUT2D eigenvalue weighted by Gasteiger charge is 2.25. The van der Waals surface area contributed by atoms with Crippen molar-refractivity contribution in [3.05, 3.63) is 35.8 Å². The highest BCUT2D eigenvalue weighted by atomic mass is 16.4. The van der Waals surface area contributed by atoms with Crippen molar-refractivity contribution in [1.82, 2.24) is 19.7 Å². The van der Waals surface area contributed by atoms with E-state index in [1.54, 1.807) is 6.20 Å². The molecule has 0 bridgehead atoms. The molecular weight excluding hydrogens is 266 g/mol. The fourth-order valence-corrected chi connectivity index (χ4v) is 2.62. The van der Waals surface area contributed by atoms with Crippen LogP contribution >= 0.6 is 0 Å². The van der Waals surface area contributed by atoms with Gasteiger partial charge in [-0.2, -0.15) is 10.4 Å². The minimum atomic E-state index is 0.326. The van der Waals surface area contributed by atoms with E-state index in [1.165, 1.54) is 0 Å². The summed E-state index contributed by atoms with van der Waals surface area (Å²) < 4.78 is 7.65. The molecule has 0 N–H and O–H groups in total. The van der Waals surface area contributed by atoms with Crippen molar-refractivity contribution < 1.29 is 4.42 Å². The van der Waals surface area contributed by atoms with Crippen LogP contribution in [-0.2, 0) is 6.54 Å². The average molecular weight is 285 g/mol. The molecule has 0 saturated carbocycles. The molecule has 2 aromatic rings. The first-order chi connectivity index (χ1) is 10.2. The third-order valence-electron chi connectivity index (χ3n) is 3.85. The van der Waals surface area contributed by atoms with E-state index in [0.29, 0.717) is 17.5 Å². The number of aromatic nitrogens is 3. The number of oxazole rings is 1. The SMILES string of the molecule is CC(C)c1cnc(CN2CCC(n3cc(C#N)cn3)C2)o1. The predicted molar refractivity (Wildman–Crippen MR) is 76.5 cm³/mol.